The summed E-state index contributed by atoms with van der Waals surface area (Å²) < 4.78 is 60.2. The van der Waals surface area contributed by atoms with Crippen LogP contribution in [0.1, 0.15) is 19.4 Å². The van der Waals surface area contributed by atoms with Crippen molar-refractivity contribution >= 4 is 20.0 Å². The predicted octanol–water partition coefficient (Wildman–Crippen LogP) is 1.96. The van der Waals surface area contributed by atoms with Gasteiger partial charge in [-0.1, -0.05) is 17.7 Å². The Morgan fingerprint density at radius 3 is 1.78 bits per heavy atom. The van der Waals surface area contributed by atoms with Crippen LogP contribution >= 0.6 is 0 Å². The van der Waals surface area contributed by atoms with E-state index in [1.165, 1.54) is 30.3 Å². The molecule has 0 fully saturated rings. The number of ether oxygens (including phenoxy) is 2. The fourth-order valence-electron chi connectivity index (χ4n) is 2.14. The summed E-state index contributed by atoms with van der Waals surface area (Å²) in [5.41, 5.74) is 0.882. The summed E-state index contributed by atoms with van der Waals surface area (Å²) in [5.74, 6) is 0.655. The number of hydrogen-bond acceptors (Lipinski definition) is 6. The summed E-state index contributed by atoms with van der Waals surface area (Å²) in [4.78, 5) is 3.55. The molecule has 0 bridgehead atoms. The summed E-state index contributed by atoms with van der Waals surface area (Å²) in [6, 6.07) is 10.0. The molecule has 0 radical (unpaired) electrons. The zero-order chi connectivity index (χ0) is 20.1. The molecule has 0 unspecified atom stereocenters. The summed E-state index contributed by atoms with van der Waals surface area (Å²) in [7, 11) is -8.21. The van der Waals surface area contributed by atoms with Crippen molar-refractivity contribution < 1.29 is 26.3 Å². The molecule has 148 valence electrons. The van der Waals surface area contributed by atoms with Gasteiger partial charge in [0.2, 0.25) is 0 Å². The Morgan fingerprint density at radius 1 is 0.741 bits per heavy atom. The molecule has 2 rings (SSSR count). The first-order chi connectivity index (χ1) is 12.7. The van der Waals surface area contributed by atoms with E-state index in [9.17, 15) is 16.8 Å². The third kappa shape index (κ3) is 5.42. The van der Waals surface area contributed by atoms with Crippen LogP contribution in [0.25, 0.3) is 0 Å². The first-order valence-corrected chi connectivity index (χ1v) is 11.2. The smallest absolute Gasteiger partial charge is 0.254 e. The lowest BCUT2D eigenvalue weighted by Gasteiger charge is -2.13. The van der Waals surface area contributed by atoms with Gasteiger partial charge in [-0.05, 0) is 45.0 Å². The van der Waals surface area contributed by atoms with E-state index in [2.05, 4.69) is 0 Å². The second-order valence-electron chi connectivity index (χ2n) is 5.50. The molecule has 2 aromatic carbocycles. The quantitative estimate of drug-likeness (QED) is 0.607. The van der Waals surface area contributed by atoms with Gasteiger partial charge < -0.3 is 9.47 Å². The summed E-state index contributed by atoms with van der Waals surface area (Å²) in [6.07, 6.45) is 0. The van der Waals surface area contributed by atoms with Crippen LogP contribution in [0.2, 0.25) is 0 Å². The molecule has 0 amide bonds. The van der Waals surface area contributed by atoms with Crippen molar-refractivity contribution in [2.75, 3.05) is 13.2 Å². The molecule has 2 N–H and O–H groups in total. The van der Waals surface area contributed by atoms with Gasteiger partial charge in [-0.2, -0.15) is 0 Å². The Morgan fingerprint density at radius 2 is 1.22 bits per heavy atom. The molecule has 0 heterocycles. The van der Waals surface area contributed by atoms with Crippen molar-refractivity contribution in [2.24, 2.45) is 0 Å². The summed E-state index contributed by atoms with van der Waals surface area (Å²) >= 11 is 0. The number of benzene rings is 2. The van der Waals surface area contributed by atoms with Gasteiger partial charge in [0.05, 0.1) is 23.0 Å². The lowest BCUT2D eigenvalue weighted by atomic mass is 10.2. The number of sulfonamides is 2. The average Bonchev–Trinajstić information content (AvgIpc) is 2.62. The lowest BCUT2D eigenvalue weighted by Crippen LogP contribution is -2.41. The van der Waals surface area contributed by atoms with E-state index >= 15 is 0 Å². The number of nitrogens with one attached hydrogen (secondary N) is 2. The number of hydrazine groups is 1. The van der Waals surface area contributed by atoms with E-state index < -0.39 is 20.0 Å². The Kier molecular flexibility index (Phi) is 6.82. The number of aryl methyl sites for hydroxylation is 1. The van der Waals surface area contributed by atoms with Crippen LogP contribution in [0.4, 0.5) is 0 Å². The topological polar surface area (TPSA) is 111 Å². The molecule has 8 nitrogen and oxygen atoms in total. The van der Waals surface area contributed by atoms with E-state index in [0.29, 0.717) is 19.0 Å². The van der Waals surface area contributed by atoms with Crippen LogP contribution in [0, 0.1) is 6.92 Å². The van der Waals surface area contributed by atoms with Crippen LogP contribution < -0.4 is 19.1 Å². The monoisotopic (exact) mass is 414 g/mol. The van der Waals surface area contributed by atoms with E-state index in [-0.39, 0.29) is 15.5 Å². The number of hydrogen-bond donors (Lipinski definition) is 2. The molecule has 0 atom stereocenters. The fraction of sp³-hybridized carbons (Fsp3) is 0.294. The average molecular weight is 415 g/mol. The third-order valence-electron chi connectivity index (χ3n) is 3.47. The molecular formula is C17H22N2O6S2. The van der Waals surface area contributed by atoms with Gasteiger partial charge >= 0.3 is 0 Å². The van der Waals surface area contributed by atoms with E-state index in [1.807, 2.05) is 16.6 Å². The van der Waals surface area contributed by atoms with Crippen molar-refractivity contribution in [2.45, 2.75) is 30.6 Å². The molecule has 27 heavy (non-hydrogen) atoms. The van der Waals surface area contributed by atoms with Crippen molar-refractivity contribution in [1.82, 2.24) is 9.66 Å². The minimum Gasteiger partial charge on any atom is -0.490 e. The Balaban J connectivity index is 2.23. The molecule has 0 aliphatic heterocycles. The summed E-state index contributed by atoms with van der Waals surface area (Å²) in [6.45, 7) is 6.07. The van der Waals surface area contributed by atoms with Gasteiger partial charge in [-0.25, -0.2) is 16.8 Å². The highest BCUT2D eigenvalue weighted by molar-refractivity contribution is 7.92. The second-order valence-corrected chi connectivity index (χ2v) is 8.86. The molecule has 0 spiro atoms. The van der Waals surface area contributed by atoms with Crippen molar-refractivity contribution in [3.8, 4) is 11.5 Å². The maximum atomic E-state index is 12.5. The van der Waals surface area contributed by atoms with Gasteiger partial charge in [0, 0.05) is 6.07 Å². The van der Waals surface area contributed by atoms with Crippen LogP contribution in [0.15, 0.2) is 52.3 Å². The number of rotatable bonds is 9. The van der Waals surface area contributed by atoms with Crippen molar-refractivity contribution in [3.05, 3.63) is 48.0 Å². The van der Waals surface area contributed by atoms with E-state index in [1.54, 1.807) is 26.0 Å². The maximum Gasteiger partial charge on any atom is 0.254 e. The van der Waals surface area contributed by atoms with E-state index in [4.69, 9.17) is 9.47 Å². The summed E-state index contributed by atoms with van der Waals surface area (Å²) in [5, 5.41) is 0. The highest BCUT2D eigenvalue weighted by atomic mass is 32.2. The van der Waals surface area contributed by atoms with Crippen LogP contribution in [0.5, 0.6) is 11.5 Å². The molecule has 10 heteroatoms. The minimum atomic E-state index is -4.16. The third-order valence-corrected chi connectivity index (χ3v) is 6.10. The normalized spacial score (nSPS) is 12.0. The Hall–Kier alpha value is -2.14. The second kappa shape index (κ2) is 8.70. The molecular weight excluding hydrogens is 392 g/mol. The maximum absolute atomic E-state index is 12.5. The standard InChI is InChI=1S/C17H22N2O6S2/c1-4-24-16-11-10-15(12-17(16)25-5-2)27(22,23)19-18-26(20,21)14-8-6-13(3)7-9-14/h6-12,18-19H,4-5H2,1-3H3. The lowest BCUT2D eigenvalue weighted by molar-refractivity contribution is 0.287. The molecule has 2 aromatic rings. The SMILES string of the molecule is CCOc1ccc(S(=O)(=O)NNS(=O)(=O)c2ccc(C)cc2)cc1OCC. The molecule has 0 aliphatic carbocycles. The van der Waals surface area contributed by atoms with Gasteiger partial charge in [0.25, 0.3) is 20.0 Å². The van der Waals surface area contributed by atoms with Crippen LogP contribution in [-0.2, 0) is 20.0 Å². The van der Waals surface area contributed by atoms with Gasteiger partial charge in [0.15, 0.2) is 11.5 Å². The van der Waals surface area contributed by atoms with Gasteiger partial charge in [0.1, 0.15) is 0 Å². The highest BCUT2D eigenvalue weighted by Crippen LogP contribution is 2.30. The van der Waals surface area contributed by atoms with Gasteiger partial charge in [-0.3, -0.25) is 0 Å². The highest BCUT2D eigenvalue weighted by Gasteiger charge is 2.21. The van der Waals surface area contributed by atoms with Crippen LogP contribution in [0.3, 0.4) is 0 Å². The van der Waals surface area contributed by atoms with Crippen LogP contribution in [-0.4, -0.2) is 30.0 Å². The molecule has 0 saturated heterocycles. The van der Waals surface area contributed by atoms with Gasteiger partial charge in [-0.15, -0.1) is 9.66 Å². The molecule has 0 aromatic heterocycles. The minimum absolute atomic E-state index is 0.0579. The largest absolute Gasteiger partial charge is 0.490 e. The van der Waals surface area contributed by atoms with Crippen molar-refractivity contribution in [1.29, 1.82) is 0 Å². The first kappa shape index (κ1) is 21.2. The Labute approximate surface area is 159 Å². The zero-order valence-electron chi connectivity index (χ0n) is 15.2. The zero-order valence-corrected chi connectivity index (χ0v) is 16.9. The molecule has 0 saturated carbocycles. The van der Waals surface area contributed by atoms with E-state index in [0.717, 1.165) is 5.56 Å². The molecule has 0 aliphatic rings. The Bertz CT molecular complexity index is 987. The first-order valence-electron chi connectivity index (χ1n) is 8.19. The van der Waals surface area contributed by atoms with Crippen molar-refractivity contribution in [3.63, 3.8) is 0 Å². The fourth-order valence-corrected chi connectivity index (χ4v) is 4.26. The predicted molar refractivity (Wildman–Crippen MR) is 101 cm³/mol.